The number of benzene rings is 1. The van der Waals surface area contributed by atoms with E-state index in [2.05, 4.69) is 15.5 Å². The van der Waals surface area contributed by atoms with E-state index in [1.807, 2.05) is 19.1 Å². The van der Waals surface area contributed by atoms with E-state index in [0.717, 1.165) is 5.56 Å². The fraction of sp³-hybridized carbons (Fsp3) is 0.526. The number of rotatable bonds is 9. The molecule has 1 aromatic carbocycles. The van der Waals surface area contributed by atoms with Crippen molar-refractivity contribution in [3.05, 3.63) is 35.7 Å². The van der Waals surface area contributed by atoms with Gasteiger partial charge in [-0.05, 0) is 43.7 Å². The minimum absolute atomic E-state index is 0.0972. The van der Waals surface area contributed by atoms with Gasteiger partial charge in [0.25, 0.3) is 5.91 Å². The zero-order valence-corrected chi connectivity index (χ0v) is 17.5. The number of hydrogen-bond acceptors (Lipinski definition) is 8. The normalized spacial score (nSPS) is 19.1. The van der Waals surface area contributed by atoms with Crippen molar-refractivity contribution in [2.24, 2.45) is 0 Å². The van der Waals surface area contributed by atoms with E-state index in [9.17, 15) is 18.0 Å². The van der Waals surface area contributed by atoms with Crippen molar-refractivity contribution in [3.63, 3.8) is 0 Å². The number of alkyl halides is 3. The van der Waals surface area contributed by atoms with Crippen LogP contribution in [0.15, 0.2) is 28.7 Å². The summed E-state index contributed by atoms with van der Waals surface area (Å²) in [5.41, 5.74) is -3.20. The Labute approximate surface area is 180 Å². The van der Waals surface area contributed by atoms with Crippen molar-refractivity contribution in [1.82, 2.24) is 15.5 Å². The average molecular weight is 461 g/mol. The van der Waals surface area contributed by atoms with Crippen LogP contribution in [0.5, 0.6) is 11.8 Å². The zero-order chi connectivity index (χ0) is 22.3. The lowest BCUT2D eigenvalue weighted by atomic mass is 10.1. The Morgan fingerprint density at radius 3 is 2.68 bits per heavy atom. The lowest BCUT2D eigenvalue weighted by Gasteiger charge is -2.27. The zero-order valence-electron chi connectivity index (χ0n) is 16.7. The molecule has 1 saturated heterocycles. The highest BCUT2D eigenvalue weighted by molar-refractivity contribution is 8.00. The standard InChI is InChI=1S/C19H22F3N3O5S/c1-12-2-5-14(6-3-12)28-11-16(26)23-13-4-7-15(29-10-13)17-24-25-18(30-17)27-8-9-31-19(20,21)22/h2-3,5-6,13,15H,4,7-11H2,1H3,(H,23,26)/t13-,15+/m1/s1. The molecule has 170 valence electrons. The second-order valence-electron chi connectivity index (χ2n) is 6.81. The SMILES string of the molecule is Cc1ccc(OCC(=O)N[C@@H]2CC[C@@H](c3nnc(OCCSC(F)(F)F)o3)OC2)cc1. The molecule has 3 rings (SSSR count). The van der Waals surface area contributed by atoms with E-state index in [1.54, 1.807) is 12.1 Å². The average Bonchev–Trinajstić information content (AvgIpc) is 3.20. The molecule has 1 fully saturated rings. The van der Waals surface area contributed by atoms with E-state index < -0.39 is 11.6 Å². The first-order valence-corrected chi connectivity index (χ1v) is 10.5. The number of ether oxygens (including phenoxy) is 3. The third-order valence-corrected chi connectivity index (χ3v) is 5.00. The minimum atomic E-state index is -4.31. The molecule has 8 nitrogen and oxygen atoms in total. The van der Waals surface area contributed by atoms with Gasteiger partial charge < -0.3 is 23.9 Å². The first-order valence-electron chi connectivity index (χ1n) is 9.56. The van der Waals surface area contributed by atoms with Gasteiger partial charge in [-0.1, -0.05) is 22.8 Å². The van der Waals surface area contributed by atoms with Crippen LogP contribution in [0.25, 0.3) is 0 Å². The smallest absolute Gasteiger partial charge is 0.441 e. The molecule has 1 aliphatic rings. The number of hydrogen-bond donors (Lipinski definition) is 1. The Bertz CT molecular complexity index is 839. The second kappa shape index (κ2) is 10.7. The molecule has 2 atom stereocenters. The van der Waals surface area contributed by atoms with Crippen LogP contribution in [-0.2, 0) is 9.53 Å². The predicted octanol–water partition coefficient (Wildman–Crippen LogP) is 3.43. The third kappa shape index (κ3) is 7.94. The first-order chi connectivity index (χ1) is 14.8. The van der Waals surface area contributed by atoms with Crippen molar-refractivity contribution >= 4 is 17.7 Å². The van der Waals surface area contributed by atoms with Crippen LogP contribution in [0.3, 0.4) is 0 Å². The van der Waals surface area contributed by atoms with Gasteiger partial charge in [-0.2, -0.15) is 13.2 Å². The van der Waals surface area contributed by atoms with Gasteiger partial charge >= 0.3 is 11.6 Å². The molecule has 0 unspecified atom stereocenters. The summed E-state index contributed by atoms with van der Waals surface area (Å²) in [7, 11) is 0. The van der Waals surface area contributed by atoms with Crippen LogP contribution in [0, 0.1) is 6.92 Å². The van der Waals surface area contributed by atoms with Crippen molar-refractivity contribution in [2.45, 2.75) is 37.4 Å². The molecular weight excluding hydrogens is 439 g/mol. The van der Waals surface area contributed by atoms with E-state index in [1.165, 1.54) is 0 Å². The molecule has 2 heterocycles. The number of aryl methyl sites for hydroxylation is 1. The number of nitrogens with one attached hydrogen (secondary N) is 1. The Kier molecular flexibility index (Phi) is 8.02. The van der Waals surface area contributed by atoms with Gasteiger partial charge in [0, 0.05) is 5.75 Å². The molecule has 0 aliphatic carbocycles. The molecule has 1 N–H and O–H groups in total. The van der Waals surface area contributed by atoms with Crippen molar-refractivity contribution in [2.75, 3.05) is 25.6 Å². The summed E-state index contributed by atoms with van der Waals surface area (Å²) in [4.78, 5) is 12.1. The van der Waals surface area contributed by atoms with Gasteiger partial charge in [-0.25, -0.2) is 0 Å². The number of aromatic nitrogens is 2. The molecule has 1 aromatic heterocycles. The largest absolute Gasteiger partial charge is 0.484 e. The van der Waals surface area contributed by atoms with Crippen LogP contribution in [0.1, 0.15) is 30.4 Å². The molecule has 0 saturated carbocycles. The summed E-state index contributed by atoms with van der Waals surface area (Å²) in [5, 5.41) is 10.3. The van der Waals surface area contributed by atoms with Gasteiger partial charge in [-0.3, -0.25) is 4.79 Å². The number of amides is 1. The fourth-order valence-corrected chi connectivity index (χ4v) is 3.21. The maximum atomic E-state index is 12.1. The lowest BCUT2D eigenvalue weighted by Crippen LogP contribution is -2.43. The molecule has 12 heteroatoms. The molecule has 1 amide bonds. The monoisotopic (exact) mass is 461 g/mol. The number of nitrogens with zero attached hydrogens (tertiary/aromatic N) is 2. The van der Waals surface area contributed by atoms with E-state index in [-0.39, 0.29) is 61.3 Å². The van der Waals surface area contributed by atoms with E-state index in [4.69, 9.17) is 18.6 Å². The highest BCUT2D eigenvalue weighted by Crippen LogP contribution is 2.30. The summed E-state index contributed by atoms with van der Waals surface area (Å²) < 4.78 is 57.7. The summed E-state index contributed by atoms with van der Waals surface area (Å²) >= 11 is -0.188. The maximum absolute atomic E-state index is 12.1. The Balaban J connectivity index is 1.35. The van der Waals surface area contributed by atoms with Crippen LogP contribution in [0.4, 0.5) is 13.2 Å². The minimum Gasteiger partial charge on any atom is -0.484 e. The van der Waals surface area contributed by atoms with Crippen molar-refractivity contribution in [3.8, 4) is 11.8 Å². The highest BCUT2D eigenvalue weighted by Gasteiger charge is 2.29. The van der Waals surface area contributed by atoms with Gasteiger partial charge in [0.15, 0.2) is 6.61 Å². The highest BCUT2D eigenvalue weighted by atomic mass is 32.2. The summed E-state index contributed by atoms with van der Waals surface area (Å²) in [5.74, 6) is 0.270. The third-order valence-electron chi connectivity index (χ3n) is 4.30. The maximum Gasteiger partial charge on any atom is 0.441 e. The van der Waals surface area contributed by atoms with Crippen molar-refractivity contribution < 1.29 is 36.6 Å². The van der Waals surface area contributed by atoms with Crippen molar-refractivity contribution in [1.29, 1.82) is 0 Å². The van der Waals surface area contributed by atoms with Crippen LogP contribution in [-0.4, -0.2) is 53.2 Å². The number of halogens is 3. The molecule has 0 bridgehead atoms. The molecule has 0 spiro atoms. The second-order valence-corrected chi connectivity index (χ2v) is 7.97. The topological polar surface area (TPSA) is 95.7 Å². The fourth-order valence-electron chi connectivity index (χ4n) is 2.81. The lowest BCUT2D eigenvalue weighted by molar-refractivity contribution is -0.125. The van der Waals surface area contributed by atoms with Gasteiger partial charge in [-0.15, -0.1) is 5.10 Å². The van der Waals surface area contributed by atoms with E-state index in [0.29, 0.717) is 18.6 Å². The molecular formula is C19H22F3N3O5S. The van der Waals surface area contributed by atoms with Gasteiger partial charge in [0.1, 0.15) is 18.5 Å². The molecule has 2 aromatic rings. The molecule has 0 radical (unpaired) electrons. The van der Waals surface area contributed by atoms with Crippen LogP contribution < -0.4 is 14.8 Å². The molecule has 1 aliphatic heterocycles. The Hall–Kier alpha value is -2.47. The summed E-state index contributed by atoms with van der Waals surface area (Å²) in [6, 6.07) is 7.22. The quantitative estimate of drug-likeness (QED) is 0.568. The number of carbonyl (C=O) groups excluding carboxylic acids is 1. The number of thioether (sulfide) groups is 1. The predicted molar refractivity (Wildman–Crippen MR) is 105 cm³/mol. The van der Waals surface area contributed by atoms with Gasteiger partial charge in [0.05, 0.1) is 12.6 Å². The number of carbonyl (C=O) groups is 1. The Morgan fingerprint density at radius 1 is 1.23 bits per heavy atom. The summed E-state index contributed by atoms with van der Waals surface area (Å²) in [6.07, 6.45) is 0.480. The summed E-state index contributed by atoms with van der Waals surface area (Å²) in [6.45, 7) is 1.91. The van der Waals surface area contributed by atoms with Crippen LogP contribution in [0.2, 0.25) is 0 Å². The van der Waals surface area contributed by atoms with Crippen LogP contribution >= 0.6 is 11.8 Å². The van der Waals surface area contributed by atoms with Gasteiger partial charge in [0.2, 0.25) is 5.89 Å². The Morgan fingerprint density at radius 2 is 2.00 bits per heavy atom. The van der Waals surface area contributed by atoms with E-state index >= 15 is 0 Å². The first kappa shape index (κ1) is 23.2. The molecule has 31 heavy (non-hydrogen) atoms.